The molecule has 2 fully saturated rings. The number of ether oxygens (including phenoxy) is 2. The molecule has 41 heavy (non-hydrogen) atoms. The minimum atomic E-state index is -1.17. The van der Waals surface area contributed by atoms with E-state index in [2.05, 4.69) is 10.2 Å². The van der Waals surface area contributed by atoms with Gasteiger partial charge in [-0.25, -0.2) is 14.4 Å². The number of benzene rings is 1. The molecule has 0 unspecified atom stereocenters. The zero-order valence-electron chi connectivity index (χ0n) is 23.1. The number of fused-ring (bicyclic) bond motifs is 3. The molecule has 0 radical (unpaired) electrons. The minimum absolute atomic E-state index is 0.0367. The molecule has 5 rings (SSSR count). The summed E-state index contributed by atoms with van der Waals surface area (Å²) in [5.74, 6) is -1.50. The van der Waals surface area contributed by atoms with Crippen molar-refractivity contribution in [1.29, 1.82) is 0 Å². The molecule has 10 nitrogen and oxygen atoms in total. The molecule has 3 aliphatic heterocycles. The van der Waals surface area contributed by atoms with E-state index in [-0.39, 0.29) is 31.4 Å². The van der Waals surface area contributed by atoms with Crippen LogP contribution in [0.4, 0.5) is 4.79 Å². The van der Waals surface area contributed by atoms with E-state index in [9.17, 15) is 19.2 Å². The van der Waals surface area contributed by atoms with Crippen molar-refractivity contribution < 1.29 is 28.7 Å². The zero-order valence-corrected chi connectivity index (χ0v) is 24.6. The van der Waals surface area contributed by atoms with Crippen molar-refractivity contribution in [3.8, 4) is 0 Å². The number of hydrogen-bond acceptors (Lipinski definition) is 7. The standard InChI is InChI=1S/C29H36Cl2N4O6/c1-2-40-27(38)29-14-19(29)10-6-4-3-5-7-12-23(33-31)26(37)35-16-20(13-24(35)25(36)32-29)41-28(39)34-15-18-9-8-11-22(30)21(18)17-34/h6,8-11,19-20,23-24,33H,2-5,7,12-17H2,1H3,(H,32,36)/b10-6-/t19-,20-,23+,24+,29-/m1/s1. The van der Waals surface area contributed by atoms with Crippen molar-refractivity contribution in [2.24, 2.45) is 5.92 Å². The normalized spacial score (nSPS) is 30.7. The fourth-order valence-corrected chi connectivity index (χ4v) is 6.54. The highest BCUT2D eigenvalue weighted by atomic mass is 35.5. The fraction of sp³-hybridized carbons (Fsp3) is 0.586. The van der Waals surface area contributed by atoms with E-state index in [1.165, 1.54) is 4.90 Å². The van der Waals surface area contributed by atoms with Crippen LogP contribution in [-0.2, 0) is 36.9 Å². The van der Waals surface area contributed by atoms with E-state index in [0.717, 1.165) is 36.8 Å². The van der Waals surface area contributed by atoms with Crippen LogP contribution in [0, 0.1) is 5.92 Å². The Balaban J connectivity index is 1.34. The molecule has 2 N–H and O–H groups in total. The SMILES string of the molecule is CCOC(=O)[C@@]12C[C@H]1/C=C\CCCCC[C@H](NCl)C(=O)N1C[C@H](OC(=O)N3Cc4cccc(Cl)c4C3)C[C@H]1C(=O)N2. The molecule has 0 spiro atoms. The highest BCUT2D eigenvalue weighted by Crippen LogP contribution is 2.46. The van der Waals surface area contributed by atoms with Gasteiger partial charge in [0.15, 0.2) is 0 Å². The van der Waals surface area contributed by atoms with E-state index in [1.807, 2.05) is 24.3 Å². The number of nitrogens with zero attached hydrogens (tertiary/aromatic N) is 2. The molecular formula is C29H36Cl2N4O6. The quantitative estimate of drug-likeness (QED) is 0.304. The number of nitrogens with one attached hydrogen (secondary N) is 2. The van der Waals surface area contributed by atoms with Crippen molar-refractivity contribution in [1.82, 2.24) is 20.0 Å². The number of allylic oxidation sites excluding steroid dienone is 1. The van der Waals surface area contributed by atoms with Gasteiger partial charge in [-0.1, -0.05) is 48.7 Å². The van der Waals surface area contributed by atoms with Crippen LogP contribution in [0.25, 0.3) is 0 Å². The smallest absolute Gasteiger partial charge is 0.410 e. The molecule has 3 heterocycles. The molecule has 12 heteroatoms. The summed E-state index contributed by atoms with van der Waals surface area (Å²) in [6.07, 6.45) is 7.24. The lowest BCUT2D eigenvalue weighted by molar-refractivity contribution is -0.150. The highest BCUT2D eigenvalue weighted by Gasteiger charge is 2.62. The van der Waals surface area contributed by atoms with E-state index < -0.39 is 41.7 Å². The molecule has 4 aliphatic rings. The molecule has 1 aromatic rings. The first-order chi connectivity index (χ1) is 19.8. The molecule has 1 saturated heterocycles. The lowest BCUT2D eigenvalue weighted by atomic mass is 10.1. The number of amides is 3. The Labute approximate surface area is 249 Å². The van der Waals surface area contributed by atoms with Gasteiger partial charge in [-0.2, -0.15) is 0 Å². The predicted molar refractivity (Wildman–Crippen MR) is 152 cm³/mol. The molecular weight excluding hydrogens is 571 g/mol. The first-order valence-corrected chi connectivity index (χ1v) is 15.1. The summed E-state index contributed by atoms with van der Waals surface area (Å²) in [5.41, 5.74) is 0.669. The highest BCUT2D eigenvalue weighted by molar-refractivity contribution is 6.31. The average molecular weight is 608 g/mol. The van der Waals surface area contributed by atoms with Gasteiger partial charge in [-0.3, -0.25) is 14.5 Å². The number of hydrogen-bond donors (Lipinski definition) is 2. The van der Waals surface area contributed by atoms with Gasteiger partial charge in [0.2, 0.25) is 11.8 Å². The van der Waals surface area contributed by atoms with Crippen molar-refractivity contribution in [3.05, 3.63) is 46.5 Å². The summed E-state index contributed by atoms with van der Waals surface area (Å²) < 4.78 is 11.2. The molecule has 222 valence electrons. The zero-order chi connectivity index (χ0) is 29.1. The van der Waals surface area contributed by atoms with Gasteiger partial charge in [0.1, 0.15) is 23.7 Å². The number of esters is 1. The van der Waals surface area contributed by atoms with Crippen LogP contribution in [0.15, 0.2) is 30.4 Å². The Kier molecular flexibility index (Phi) is 9.11. The van der Waals surface area contributed by atoms with Crippen LogP contribution >= 0.6 is 23.4 Å². The minimum Gasteiger partial charge on any atom is -0.464 e. The maximum atomic E-state index is 13.7. The Morgan fingerprint density at radius 3 is 2.78 bits per heavy atom. The molecule has 1 aromatic carbocycles. The van der Waals surface area contributed by atoms with E-state index in [4.69, 9.17) is 32.9 Å². The van der Waals surface area contributed by atoms with Crippen molar-refractivity contribution in [2.45, 2.75) is 88.7 Å². The molecule has 0 aromatic heterocycles. The van der Waals surface area contributed by atoms with Crippen molar-refractivity contribution >= 4 is 47.3 Å². The van der Waals surface area contributed by atoms with Gasteiger partial charge >= 0.3 is 12.1 Å². The van der Waals surface area contributed by atoms with Crippen LogP contribution in [0.2, 0.25) is 5.02 Å². The van der Waals surface area contributed by atoms with Gasteiger partial charge in [0.25, 0.3) is 0 Å². The largest absolute Gasteiger partial charge is 0.464 e. The van der Waals surface area contributed by atoms with Gasteiger partial charge in [0.05, 0.1) is 19.7 Å². The van der Waals surface area contributed by atoms with Crippen LogP contribution in [-0.4, -0.2) is 70.6 Å². The summed E-state index contributed by atoms with van der Waals surface area (Å²) in [4.78, 5) is 59.1. The topological polar surface area (TPSA) is 117 Å². The Morgan fingerprint density at radius 2 is 2.02 bits per heavy atom. The van der Waals surface area contributed by atoms with Crippen LogP contribution in [0.3, 0.4) is 0 Å². The third-order valence-corrected chi connectivity index (χ3v) is 9.08. The van der Waals surface area contributed by atoms with Crippen molar-refractivity contribution in [2.75, 3.05) is 13.2 Å². The molecule has 5 atom stereocenters. The monoisotopic (exact) mass is 606 g/mol. The summed E-state index contributed by atoms with van der Waals surface area (Å²) in [7, 11) is 0. The first kappa shape index (κ1) is 29.7. The van der Waals surface area contributed by atoms with Gasteiger partial charge in [0, 0.05) is 23.9 Å². The van der Waals surface area contributed by atoms with Gasteiger partial charge < -0.3 is 19.7 Å². The fourth-order valence-electron chi connectivity index (χ4n) is 6.09. The third-order valence-electron chi connectivity index (χ3n) is 8.46. The third kappa shape index (κ3) is 6.20. The van der Waals surface area contributed by atoms with E-state index in [1.54, 1.807) is 17.9 Å². The lowest BCUT2D eigenvalue weighted by Crippen LogP contribution is -2.55. The second-order valence-electron chi connectivity index (χ2n) is 11.2. The summed E-state index contributed by atoms with van der Waals surface area (Å²) in [6.45, 7) is 2.63. The second-order valence-corrected chi connectivity index (χ2v) is 11.8. The Morgan fingerprint density at radius 1 is 1.20 bits per heavy atom. The maximum Gasteiger partial charge on any atom is 0.410 e. The van der Waals surface area contributed by atoms with Gasteiger partial charge in [-0.15, -0.1) is 0 Å². The maximum absolute atomic E-state index is 13.7. The van der Waals surface area contributed by atoms with Crippen LogP contribution in [0.5, 0.6) is 0 Å². The Hall–Kier alpha value is -2.82. The summed E-state index contributed by atoms with van der Waals surface area (Å²) >= 11 is 12.3. The average Bonchev–Trinajstić information content (AvgIpc) is 3.26. The first-order valence-electron chi connectivity index (χ1n) is 14.3. The van der Waals surface area contributed by atoms with Gasteiger partial charge in [-0.05, 0) is 61.6 Å². The molecule has 1 saturated carbocycles. The number of halogens is 2. The summed E-state index contributed by atoms with van der Waals surface area (Å²) in [5, 5.41) is 3.51. The molecule has 0 bridgehead atoms. The van der Waals surface area contributed by atoms with Crippen LogP contribution in [0.1, 0.15) is 63.0 Å². The van der Waals surface area contributed by atoms with E-state index >= 15 is 0 Å². The number of carbonyl (C=O) groups is 4. The van der Waals surface area contributed by atoms with Crippen LogP contribution < -0.4 is 10.2 Å². The summed E-state index contributed by atoms with van der Waals surface area (Å²) in [6, 6.07) is 3.90. The van der Waals surface area contributed by atoms with E-state index in [0.29, 0.717) is 31.0 Å². The number of rotatable bonds is 4. The van der Waals surface area contributed by atoms with Crippen molar-refractivity contribution in [3.63, 3.8) is 0 Å². The Bertz CT molecular complexity index is 1230. The molecule has 3 amide bonds. The molecule has 1 aliphatic carbocycles. The predicted octanol–water partition coefficient (Wildman–Crippen LogP) is 3.83. The number of carbonyl (C=O) groups excluding carboxylic acids is 4. The lowest BCUT2D eigenvalue weighted by Gasteiger charge is -2.28. The second kappa shape index (κ2) is 12.6.